The van der Waals surface area contributed by atoms with Gasteiger partial charge in [0.05, 0.1) is 11.0 Å². The van der Waals surface area contributed by atoms with Crippen LogP contribution in [0.4, 0.5) is 5.69 Å². The third-order valence-corrected chi connectivity index (χ3v) is 6.82. The molecule has 0 saturated carbocycles. The first-order chi connectivity index (χ1) is 17.6. The fraction of sp³-hybridized carbons (Fsp3) is 0.269. The molecular formula is C26H34N4O7S. The van der Waals surface area contributed by atoms with E-state index < -0.39 is 28.1 Å². The van der Waals surface area contributed by atoms with E-state index in [-0.39, 0.29) is 23.8 Å². The number of nitrogens with one attached hydrogen (secondary N) is 1. The molecule has 206 valence electrons. The molecular weight excluding hydrogens is 512 g/mol. The van der Waals surface area contributed by atoms with Gasteiger partial charge in [0, 0.05) is 52.3 Å². The van der Waals surface area contributed by atoms with Crippen molar-refractivity contribution < 1.29 is 33.3 Å². The molecule has 0 aliphatic heterocycles. The van der Waals surface area contributed by atoms with Crippen molar-refractivity contribution in [3.8, 4) is 0 Å². The van der Waals surface area contributed by atoms with Gasteiger partial charge in [-0.05, 0) is 47.2 Å². The molecule has 0 heterocycles. The first-order valence-corrected chi connectivity index (χ1v) is 12.8. The number of likely N-dealkylation sites (N-methyl/N-ethyl adjacent to an activating group) is 2. The van der Waals surface area contributed by atoms with Gasteiger partial charge < -0.3 is 26.0 Å². The Balaban J connectivity index is 0.000000794. The number of carboxylic acids is 2. The van der Waals surface area contributed by atoms with Crippen molar-refractivity contribution in [1.82, 2.24) is 4.31 Å². The summed E-state index contributed by atoms with van der Waals surface area (Å²) in [5.41, 5.74) is 6.91. The normalized spacial score (nSPS) is 11.4. The highest BCUT2D eigenvalue weighted by Gasteiger charge is 2.24. The zero-order valence-corrected chi connectivity index (χ0v) is 22.5. The van der Waals surface area contributed by atoms with Crippen LogP contribution in [0.5, 0.6) is 0 Å². The molecule has 0 radical (unpaired) electrons. The standard InChI is InChI=1S/C22H26N4O3S.2C2H4O2/c1-25(19-10-7-17(8-11-19)22(23)24)14-20(27)15-26(2)30(28,29)21-12-9-16-5-3-4-6-18(16)13-21;2*1-2(3)4/h3-13,20,27H,14-15H2,1-2H3,(H3,23,24);2*1H3,(H,3,4). The highest BCUT2D eigenvalue weighted by Crippen LogP contribution is 2.22. The molecule has 3 aromatic carbocycles. The minimum Gasteiger partial charge on any atom is -0.481 e. The molecule has 11 nitrogen and oxygen atoms in total. The van der Waals surface area contributed by atoms with Crippen molar-refractivity contribution >= 4 is 44.3 Å². The lowest BCUT2D eigenvalue weighted by molar-refractivity contribution is -0.135. The van der Waals surface area contributed by atoms with Crippen molar-refractivity contribution in [2.24, 2.45) is 5.73 Å². The van der Waals surface area contributed by atoms with Gasteiger partial charge >= 0.3 is 0 Å². The van der Waals surface area contributed by atoms with Crippen molar-refractivity contribution in [2.75, 3.05) is 32.1 Å². The summed E-state index contributed by atoms with van der Waals surface area (Å²) in [6, 6.07) is 19.7. The number of aliphatic carboxylic acids is 2. The number of benzene rings is 3. The van der Waals surface area contributed by atoms with E-state index in [2.05, 4.69) is 0 Å². The molecule has 12 heteroatoms. The van der Waals surface area contributed by atoms with Crippen LogP contribution < -0.4 is 10.6 Å². The molecule has 0 aliphatic rings. The largest absolute Gasteiger partial charge is 0.481 e. The fourth-order valence-corrected chi connectivity index (χ4v) is 4.52. The quantitative estimate of drug-likeness (QED) is 0.209. The molecule has 0 amide bonds. The Kier molecular flexibility index (Phi) is 12.4. The summed E-state index contributed by atoms with van der Waals surface area (Å²) in [7, 11) is -0.447. The van der Waals surface area contributed by atoms with Gasteiger partial charge in [-0.25, -0.2) is 8.42 Å². The lowest BCUT2D eigenvalue weighted by Gasteiger charge is -2.26. The number of rotatable bonds is 8. The zero-order valence-electron chi connectivity index (χ0n) is 21.7. The second-order valence-electron chi connectivity index (χ2n) is 8.33. The highest BCUT2D eigenvalue weighted by molar-refractivity contribution is 7.89. The molecule has 1 atom stereocenters. The van der Waals surface area contributed by atoms with Crippen molar-refractivity contribution in [3.63, 3.8) is 0 Å². The number of hydrogen-bond donors (Lipinski definition) is 5. The van der Waals surface area contributed by atoms with Crippen LogP contribution in [0.2, 0.25) is 0 Å². The minimum atomic E-state index is -3.72. The van der Waals surface area contributed by atoms with Crippen LogP contribution in [0.1, 0.15) is 19.4 Å². The van der Waals surface area contributed by atoms with Crippen LogP contribution in [0.3, 0.4) is 0 Å². The van der Waals surface area contributed by atoms with Gasteiger partial charge in [-0.15, -0.1) is 0 Å². The van der Waals surface area contributed by atoms with E-state index in [9.17, 15) is 13.5 Å². The van der Waals surface area contributed by atoms with Gasteiger partial charge in [0.1, 0.15) is 5.84 Å². The summed E-state index contributed by atoms with van der Waals surface area (Å²) in [4.78, 5) is 20.0. The Morgan fingerprint density at radius 3 is 1.89 bits per heavy atom. The van der Waals surface area contributed by atoms with Gasteiger partial charge in [-0.2, -0.15) is 4.31 Å². The molecule has 6 N–H and O–H groups in total. The number of nitrogens with two attached hydrogens (primary N) is 1. The van der Waals surface area contributed by atoms with Crippen molar-refractivity contribution in [1.29, 1.82) is 5.41 Å². The summed E-state index contributed by atoms with van der Waals surface area (Å²) in [5.74, 6) is -1.68. The monoisotopic (exact) mass is 546 g/mol. The van der Waals surface area contributed by atoms with E-state index in [1.54, 1.807) is 42.5 Å². The summed E-state index contributed by atoms with van der Waals surface area (Å²) >= 11 is 0. The SMILES string of the molecule is CC(=O)O.CC(=O)O.CN(CC(O)CN(C)S(=O)(=O)c1ccc2ccccc2c1)c1ccc(C(=N)N)cc1. The molecule has 0 spiro atoms. The van der Waals surface area contributed by atoms with Crippen LogP contribution >= 0.6 is 0 Å². The summed E-state index contributed by atoms with van der Waals surface area (Å²) in [6.07, 6.45) is -0.886. The summed E-state index contributed by atoms with van der Waals surface area (Å²) in [6.45, 7) is 2.38. The van der Waals surface area contributed by atoms with Gasteiger partial charge in [-0.1, -0.05) is 30.3 Å². The maximum absolute atomic E-state index is 12.9. The third kappa shape index (κ3) is 10.5. The Hall–Kier alpha value is -4.00. The molecule has 0 saturated heterocycles. The zero-order chi connectivity index (χ0) is 29.0. The van der Waals surface area contributed by atoms with E-state index in [1.165, 1.54) is 11.4 Å². The topological polar surface area (TPSA) is 185 Å². The second kappa shape index (κ2) is 14.7. The highest BCUT2D eigenvalue weighted by atomic mass is 32.2. The molecule has 0 bridgehead atoms. The lowest BCUT2D eigenvalue weighted by atomic mass is 10.1. The van der Waals surface area contributed by atoms with Gasteiger partial charge in [0.2, 0.25) is 10.0 Å². The van der Waals surface area contributed by atoms with Gasteiger partial charge in [0.15, 0.2) is 0 Å². The summed E-state index contributed by atoms with van der Waals surface area (Å²) in [5, 5.41) is 34.6. The number of aliphatic hydroxyl groups excluding tert-OH is 1. The predicted molar refractivity (Wildman–Crippen MR) is 147 cm³/mol. The lowest BCUT2D eigenvalue weighted by Crippen LogP contribution is -2.40. The third-order valence-electron chi connectivity index (χ3n) is 5.00. The molecule has 3 rings (SSSR count). The number of sulfonamides is 1. The molecule has 0 aliphatic carbocycles. The Bertz CT molecular complexity index is 1330. The summed E-state index contributed by atoms with van der Waals surface area (Å²) < 4.78 is 27.1. The van der Waals surface area contributed by atoms with Crippen LogP contribution in [0.25, 0.3) is 10.8 Å². The Morgan fingerprint density at radius 1 is 0.895 bits per heavy atom. The number of aliphatic hydroxyl groups is 1. The van der Waals surface area contributed by atoms with Crippen molar-refractivity contribution in [2.45, 2.75) is 24.8 Å². The second-order valence-corrected chi connectivity index (χ2v) is 10.4. The van der Waals surface area contributed by atoms with E-state index in [4.69, 9.17) is 30.9 Å². The van der Waals surface area contributed by atoms with E-state index in [0.717, 1.165) is 30.3 Å². The molecule has 0 aromatic heterocycles. The van der Waals surface area contributed by atoms with Gasteiger partial charge in [0.25, 0.3) is 11.9 Å². The number of carbonyl (C=O) groups is 2. The van der Waals surface area contributed by atoms with E-state index in [1.807, 2.05) is 36.2 Å². The fourth-order valence-electron chi connectivity index (χ4n) is 3.28. The van der Waals surface area contributed by atoms with Crippen LogP contribution in [0, 0.1) is 5.41 Å². The van der Waals surface area contributed by atoms with Crippen molar-refractivity contribution in [3.05, 3.63) is 72.3 Å². The van der Waals surface area contributed by atoms with Gasteiger partial charge in [-0.3, -0.25) is 15.0 Å². The average molecular weight is 547 g/mol. The number of amidine groups is 1. The number of anilines is 1. The maximum Gasteiger partial charge on any atom is 0.300 e. The predicted octanol–water partition coefficient (Wildman–Crippen LogP) is 2.42. The number of fused-ring (bicyclic) bond motifs is 1. The number of nitrogen functional groups attached to an aromatic ring is 1. The average Bonchev–Trinajstić information content (AvgIpc) is 2.82. The van der Waals surface area contributed by atoms with Crippen LogP contribution in [0.15, 0.2) is 71.6 Å². The van der Waals surface area contributed by atoms with Crippen LogP contribution in [-0.2, 0) is 19.6 Å². The molecule has 38 heavy (non-hydrogen) atoms. The Labute approximate surface area is 222 Å². The first-order valence-electron chi connectivity index (χ1n) is 11.3. The van der Waals surface area contributed by atoms with E-state index in [0.29, 0.717) is 5.56 Å². The first kappa shape index (κ1) is 32.0. The number of hydrogen-bond acceptors (Lipinski definition) is 7. The molecule has 0 fully saturated rings. The van der Waals surface area contributed by atoms with E-state index >= 15 is 0 Å². The minimum absolute atomic E-state index is 0.00948. The molecule has 3 aromatic rings. The maximum atomic E-state index is 12.9. The molecule has 1 unspecified atom stereocenters. The number of nitrogens with zero attached hydrogens (tertiary/aromatic N) is 2. The smallest absolute Gasteiger partial charge is 0.300 e. The number of carboxylic acid groups (broad SMARTS) is 2. The van der Waals surface area contributed by atoms with Crippen LogP contribution in [-0.4, -0.2) is 79.1 Å². The Morgan fingerprint density at radius 2 is 1.39 bits per heavy atom.